The van der Waals surface area contributed by atoms with E-state index < -0.39 is 75.7 Å². The number of hydrogen-bond donors (Lipinski definition) is 10. The van der Waals surface area contributed by atoms with Crippen LogP contribution < -0.4 is 10.6 Å². The van der Waals surface area contributed by atoms with E-state index in [0.29, 0.717) is 0 Å². The zero-order valence-electron chi connectivity index (χ0n) is 19.4. The first-order valence-corrected chi connectivity index (χ1v) is 9.71. The van der Waals surface area contributed by atoms with Crippen molar-refractivity contribution in [3.8, 4) is 0 Å². The number of nitrogens with zero attached hydrogens (tertiary/aromatic N) is 2. The number of carboxylic acids is 2. The molecule has 0 fully saturated rings. The molecule has 32 heavy (non-hydrogen) atoms. The van der Waals surface area contributed by atoms with Crippen molar-refractivity contribution in [1.29, 1.82) is 0 Å². The van der Waals surface area contributed by atoms with Gasteiger partial charge in [0.1, 0.15) is 0 Å². The lowest BCUT2D eigenvalue weighted by molar-refractivity contribution is -0.137. The molecule has 194 valence electrons. The molecule has 0 aromatic heterocycles. The highest BCUT2D eigenvalue weighted by Gasteiger charge is 2.28. The Morgan fingerprint density at radius 3 is 0.938 bits per heavy atom. The molecule has 0 spiro atoms. The fraction of sp³-hybridized carbons (Fsp3) is 0.889. The molecule has 0 aliphatic heterocycles. The van der Waals surface area contributed by atoms with Gasteiger partial charge < -0.3 is 50.7 Å². The Balaban J connectivity index is -0.000000404. The summed E-state index contributed by atoms with van der Waals surface area (Å²) in [6.07, 6.45) is 0. The molecule has 0 bridgehead atoms. The first-order chi connectivity index (χ1) is 14.8. The average molecular weight is 475 g/mol. The summed E-state index contributed by atoms with van der Waals surface area (Å²) in [5, 5.41) is 73.5. The summed E-state index contributed by atoms with van der Waals surface area (Å²) in [6, 6.07) is 0. The van der Waals surface area contributed by atoms with Crippen molar-refractivity contribution in [2.24, 2.45) is 0 Å². The van der Waals surface area contributed by atoms with Crippen LogP contribution in [0, 0.1) is 0 Å². The van der Waals surface area contributed by atoms with Crippen LogP contribution in [0.1, 0.15) is 0 Å². The van der Waals surface area contributed by atoms with Gasteiger partial charge >= 0.3 is 11.9 Å². The molecule has 14 nitrogen and oxygen atoms in total. The molecular weight excluding hydrogens is 432 g/mol. The highest BCUT2D eigenvalue weighted by molar-refractivity contribution is 5.69. The maximum atomic E-state index is 10.1. The van der Waals surface area contributed by atoms with E-state index in [2.05, 4.69) is 48.6 Å². The smallest absolute Gasteiger partial charge is 0.317 e. The van der Waals surface area contributed by atoms with Crippen molar-refractivity contribution < 1.29 is 50.4 Å². The van der Waals surface area contributed by atoms with Crippen LogP contribution in [-0.2, 0) is 9.59 Å². The third-order valence-electron chi connectivity index (χ3n) is 4.04. The van der Waals surface area contributed by atoms with Crippen LogP contribution in [0.4, 0.5) is 0 Å². The Labute approximate surface area is 188 Å². The fourth-order valence-corrected chi connectivity index (χ4v) is 1.56. The topological polar surface area (TPSA) is 227 Å². The van der Waals surface area contributed by atoms with E-state index in [9.17, 15) is 9.59 Å². The van der Waals surface area contributed by atoms with E-state index in [0.717, 1.165) is 13.1 Å². The highest BCUT2D eigenvalue weighted by atomic mass is 16.4. The molecule has 0 atom stereocenters. The molecule has 0 unspecified atom stereocenters. The molecule has 0 heterocycles. The summed E-state index contributed by atoms with van der Waals surface area (Å²) in [5.41, 5.74) is -2.61. The van der Waals surface area contributed by atoms with Crippen molar-refractivity contribution in [3.05, 3.63) is 0 Å². The van der Waals surface area contributed by atoms with Gasteiger partial charge in [0.15, 0.2) is 0 Å². The van der Waals surface area contributed by atoms with Crippen LogP contribution in [0.15, 0.2) is 0 Å². The van der Waals surface area contributed by atoms with Crippen LogP contribution in [0.25, 0.3) is 0 Å². The molecule has 0 amide bonds. The molecule has 14 heteroatoms. The number of likely N-dealkylation sites (N-methyl/N-ethyl adjacent to an activating group) is 2. The molecule has 0 aliphatic rings. The molecule has 0 rings (SSSR count). The maximum absolute atomic E-state index is 10.1. The van der Waals surface area contributed by atoms with Gasteiger partial charge in [-0.05, 0) is 28.2 Å². The second-order valence-corrected chi connectivity index (χ2v) is 7.61. The molecule has 0 aliphatic carbocycles. The van der Waals surface area contributed by atoms with E-state index in [4.69, 9.17) is 40.9 Å². The average Bonchev–Trinajstić information content (AvgIpc) is 2.76. The van der Waals surface area contributed by atoms with Gasteiger partial charge in [0, 0.05) is 13.1 Å². The Hall–Kier alpha value is -1.46. The van der Waals surface area contributed by atoms with Gasteiger partial charge in [0.2, 0.25) is 0 Å². The monoisotopic (exact) mass is 474 g/mol. The molecule has 0 saturated heterocycles. The highest BCUT2D eigenvalue weighted by Crippen LogP contribution is 2.00. The third kappa shape index (κ3) is 19.2. The van der Waals surface area contributed by atoms with Crippen molar-refractivity contribution in [3.63, 3.8) is 0 Å². The number of carboxylic acid groups (broad SMARTS) is 2. The lowest BCUT2D eigenvalue weighted by Crippen LogP contribution is -2.56. The standard InChI is InChI=1S/C6H16N2.2C6H13NO5/c1-7(2)5-6-8(3)4;2*8-2-6(3-9,4-10)7-1-5(11)12/h5-6H2,1-4H3;2*7-10H,1-4H2,(H,11,12). The summed E-state index contributed by atoms with van der Waals surface area (Å²) in [6.45, 7) is -1.66. The van der Waals surface area contributed by atoms with Crippen LogP contribution in [0.5, 0.6) is 0 Å². The number of aliphatic hydroxyl groups excluding tert-OH is 6. The minimum absolute atomic E-state index is 0.415. The van der Waals surface area contributed by atoms with Crippen LogP contribution in [0.3, 0.4) is 0 Å². The largest absolute Gasteiger partial charge is 0.480 e. The SMILES string of the molecule is CN(C)CCN(C)C.O=C(O)CNC(CO)(CO)CO.O=C(O)CNC(CO)(CO)CO. The molecular formula is C18H42N4O10. The summed E-state index contributed by atoms with van der Waals surface area (Å²) in [4.78, 5) is 24.5. The quantitative estimate of drug-likeness (QED) is 0.107. The van der Waals surface area contributed by atoms with E-state index in [-0.39, 0.29) is 0 Å². The fourth-order valence-electron chi connectivity index (χ4n) is 1.56. The van der Waals surface area contributed by atoms with E-state index >= 15 is 0 Å². The van der Waals surface area contributed by atoms with Gasteiger partial charge in [-0.2, -0.15) is 0 Å². The number of rotatable bonds is 15. The Morgan fingerprint density at radius 1 is 0.594 bits per heavy atom. The molecule has 0 saturated carbocycles. The van der Waals surface area contributed by atoms with Crippen molar-refractivity contribution in [2.45, 2.75) is 11.1 Å². The molecule has 0 aromatic rings. The van der Waals surface area contributed by atoms with E-state index in [1.165, 1.54) is 0 Å². The number of carbonyl (C=O) groups is 2. The predicted molar refractivity (Wildman–Crippen MR) is 116 cm³/mol. The van der Waals surface area contributed by atoms with Gasteiger partial charge in [-0.1, -0.05) is 0 Å². The number of aliphatic hydroxyl groups is 6. The van der Waals surface area contributed by atoms with Gasteiger partial charge in [-0.15, -0.1) is 0 Å². The Bertz CT molecular complexity index is 414. The molecule has 10 N–H and O–H groups in total. The zero-order chi connectivity index (χ0) is 25.8. The number of nitrogens with one attached hydrogen (secondary N) is 2. The van der Waals surface area contributed by atoms with Gasteiger partial charge in [-0.25, -0.2) is 0 Å². The lowest BCUT2D eigenvalue weighted by Gasteiger charge is -2.27. The minimum atomic E-state index is -1.31. The van der Waals surface area contributed by atoms with Gasteiger partial charge in [-0.3, -0.25) is 20.2 Å². The normalized spacial score (nSPS) is 11.5. The Morgan fingerprint density at radius 2 is 0.812 bits per heavy atom. The van der Waals surface area contributed by atoms with Gasteiger partial charge in [0.25, 0.3) is 0 Å². The summed E-state index contributed by atoms with van der Waals surface area (Å²) in [5.74, 6) is -2.23. The second-order valence-electron chi connectivity index (χ2n) is 7.61. The maximum Gasteiger partial charge on any atom is 0.317 e. The summed E-state index contributed by atoms with van der Waals surface area (Å²) in [7, 11) is 8.35. The van der Waals surface area contributed by atoms with E-state index in [1.54, 1.807) is 0 Å². The van der Waals surface area contributed by atoms with E-state index in [1.807, 2.05) is 0 Å². The third-order valence-corrected chi connectivity index (χ3v) is 4.04. The Kier molecular flexibility index (Phi) is 22.1. The van der Waals surface area contributed by atoms with Crippen LogP contribution in [0.2, 0.25) is 0 Å². The minimum Gasteiger partial charge on any atom is -0.480 e. The second kappa shape index (κ2) is 20.2. The molecule has 0 aromatic carbocycles. The summed E-state index contributed by atoms with van der Waals surface area (Å²) >= 11 is 0. The summed E-state index contributed by atoms with van der Waals surface area (Å²) < 4.78 is 0. The van der Waals surface area contributed by atoms with Crippen molar-refractivity contribution >= 4 is 11.9 Å². The zero-order valence-corrected chi connectivity index (χ0v) is 19.4. The van der Waals surface area contributed by atoms with Crippen molar-refractivity contribution in [2.75, 3.05) is 94.0 Å². The first kappa shape index (κ1) is 35.1. The van der Waals surface area contributed by atoms with Crippen LogP contribution in [-0.4, -0.2) is 168 Å². The van der Waals surface area contributed by atoms with Crippen molar-refractivity contribution in [1.82, 2.24) is 20.4 Å². The number of aliphatic carboxylic acids is 2. The molecule has 0 radical (unpaired) electrons. The number of hydrogen-bond acceptors (Lipinski definition) is 12. The predicted octanol–water partition coefficient (Wildman–Crippen LogP) is -5.14. The lowest BCUT2D eigenvalue weighted by atomic mass is 10.0. The van der Waals surface area contributed by atoms with Gasteiger partial charge in [0.05, 0.1) is 63.8 Å². The first-order valence-electron chi connectivity index (χ1n) is 9.71. The van der Waals surface area contributed by atoms with Crippen LogP contribution >= 0.6 is 0 Å².